The molecule has 9 heteroatoms. The molecule has 0 bridgehead atoms. The molecule has 0 saturated carbocycles. The molecular weight excluding hydrogens is 402 g/mol. The molecule has 2 aromatic rings. The van der Waals surface area contributed by atoms with Gasteiger partial charge in [-0.1, -0.05) is 18.2 Å². The Labute approximate surface area is 171 Å². The van der Waals surface area contributed by atoms with Gasteiger partial charge < -0.3 is 15.0 Å². The molecule has 3 rings (SSSR count). The lowest BCUT2D eigenvalue weighted by Crippen LogP contribution is -2.51. The Kier molecular flexibility index (Phi) is 7.29. The van der Waals surface area contributed by atoms with Gasteiger partial charge in [0.05, 0.1) is 17.7 Å². The van der Waals surface area contributed by atoms with E-state index in [-0.39, 0.29) is 29.3 Å². The molecule has 0 aromatic heterocycles. The second-order valence-corrected chi connectivity index (χ2v) is 8.12. The standard InChI is InChI=1S/C19H23N3O4S.ClH/c1-14-13-22(11-10-20-14)19(23)15-6-5-7-16(12-15)27(24,25)21-17-8-3-4-9-18(17)26-2;/h3-9,12,14,20-21H,10-11,13H2,1-2H3;1H. The normalized spacial score (nSPS) is 16.8. The molecule has 152 valence electrons. The number of anilines is 1. The highest BCUT2D eigenvalue weighted by molar-refractivity contribution is 7.92. The summed E-state index contributed by atoms with van der Waals surface area (Å²) >= 11 is 0. The maximum Gasteiger partial charge on any atom is 0.262 e. The van der Waals surface area contributed by atoms with Gasteiger partial charge in [-0.25, -0.2) is 8.42 Å². The molecule has 7 nitrogen and oxygen atoms in total. The highest BCUT2D eigenvalue weighted by Crippen LogP contribution is 2.26. The van der Waals surface area contributed by atoms with Crippen LogP contribution < -0.4 is 14.8 Å². The molecule has 1 heterocycles. The number of ether oxygens (including phenoxy) is 1. The van der Waals surface area contributed by atoms with E-state index in [2.05, 4.69) is 10.0 Å². The zero-order valence-corrected chi connectivity index (χ0v) is 17.3. The third kappa shape index (κ3) is 4.95. The van der Waals surface area contributed by atoms with Crippen molar-refractivity contribution in [2.45, 2.75) is 17.9 Å². The second kappa shape index (κ2) is 9.27. The summed E-state index contributed by atoms with van der Waals surface area (Å²) in [6, 6.07) is 13.1. The second-order valence-electron chi connectivity index (χ2n) is 6.44. The molecule has 1 atom stereocenters. The lowest BCUT2D eigenvalue weighted by Gasteiger charge is -2.32. The Morgan fingerprint density at radius 3 is 2.68 bits per heavy atom. The molecule has 2 N–H and O–H groups in total. The number of rotatable bonds is 5. The third-order valence-electron chi connectivity index (χ3n) is 4.40. The predicted octanol–water partition coefficient (Wildman–Crippen LogP) is 2.35. The zero-order valence-electron chi connectivity index (χ0n) is 15.7. The van der Waals surface area contributed by atoms with Crippen molar-refractivity contribution >= 4 is 34.0 Å². The van der Waals surface area contributed by atoms with Gasteiger partial charge in [-0.2, -0.15) is 0 Å². The molecule has 0 spiro atoms. The quantitative estimate of drug-likeness (QED) is 0.767. The molecule has 0 aliphatic carbocycles. The molecule has 1 aliphatic rings. The molecule has 1 aliphatic heterocycles. The maximum absolute atomic E-state index is 12.8. The van der Waals surface area contributed by atoms with Gasteiger partial charge >= 0.3 is 0 Å². The Bertz CT molecular complexity index is 936. The number of nitrogens with one attached hydrogen (secondary N) is 2. The molecule has 1 amide bonds. The fourth-order valence-corrected chi connectivity index (χ4v) is 4.14. The van der Waals surface area contributed by atoms with E-state index in [0.29, 0.717) is 30.1 Å². The molecule has 1 fully saturated rings. The van der Waals surface area contributed by atoms with Crippen LogP contribution in [0.2, 0.25) is 0 Å². The monoisotopic (exact) mass is 425 g/mol. The number of hydrogen-bond acceptors (Lipinski definition) is 5. The lowest BCUT2D eigenvalue weighted by molar-refractivity contribution is 0.0709. The van der Waals surface area contributed by atoms with Crippen LogP contribution in [-0.4, -0.2) is 52.0 Å². The number of piperazine rings is 1. The largest absolute Gasteiger partial charge is 0.495 e. The molecule has 0 radical (unpaired) electrons. The van der Waals surface area contributed by atoms with Gasteiger partial charge in [-0.15, -0.1) is 12.4 Å². The van der Waals surface area contributed by atoms with E-state index in [9.17, 15) is 13.2 Å². The summed E-state index contributed by atoms with van der Waals surface area (Å²) in [5.74, 6) is 0.251. The van der Waals surface area contributed by atoms with Gasteiger partial charge in [-0.3, -0.25) is 9.52 Å². The molecule has 28 heavy (non-hydrogen) atoms. The van der Waals surface area contributed by atoms with Crippen LogP contribution in [0.25, 0.3) is 0 Å². The van der Waals surface area contributed by atoms with Crippen molar-refractivity contribution in [2.24, 2.45) is 0 Å². The van der Waals surface area contributed by atoms with Gasteiger partial charge in [0.2, 0.25) is 0 Å². The van der Waals surface area contributed by atoms with E-state index >= 15 is 0 Å². The number of methoxy groups -OCH3 is 1. The molecule has 1 unspecified atom stereocenters. The number of carbonyl (C=O) groups is 1. The number of halogens is 1. The van der Waals surface area contributed by atoms with Gasteiger partial charge in [-0.05, 0) is 37.3 Å². The third-order valence-corrected chi connectivity index (χ3v) is 5.76. The van der Waals surface area contributed by atoms with E-state index in [1.165, 1.54) is 19.2 Å². The van der Waals surface area contributed by atoms with Crippen LogP contribution in [-0.2, 0) is 10.0 Å². The van der Waals surface area contributed by atoms with E-state index in [0.717, 1.165) is 6.54 Å². The van der Waals surface area contributed by atoms with Crippen LogP contribution >= 0.6 is 12.4 Å². The number of hydrogen-bond donors (Lipinski definition) is 2. The summed E-state index contributed by atoms with van der Waals surface area (Å²) in [5, 5.41) is 3.28. The number of carbonyl (C=O) groups excluding carboxylic acids is 1. The number of benzene rings is 2. The predicted molar refractivity (Wildman–Crippen MR) is 111 cm³/mol. The Morgan fingerprint density at radius 2 is 1.96 bits per heavy atom. The average Bonchev–Trinajstić information content (AvgIpc) is 2.67. The Balaban J connectivity index is 0.00000280. The SMILES string of the molecule is COc1ccccc1NS(=O)(=O)c1cccc(C(=O)N2CCNC(C)C2)c1.Cl. The van der Waals surface area contributed by atoms with Crippen LogP contribution in [0.3, 0.4) is 0 Å². The summed E-state index contributed by atoms with van der Waals surface area (Å²) in [7, 11) is -2.38. The van der Waals surface area contributed by atoms with Crippen molar-refractivity contribution in [3.8, 4) is 5.75 Å². The maximum atomic E-state index is 12.8. The lowest BCUT2D eigenvalue weighted by atomic mass is 10.1. The fraction of sp³-hybridized carbons (Fsp3) is 0.316. The van der Waals surface area contributed by atoms with Crippen LogP contribution in [0.15, 0.2) is 53.4 Å². The van der Waals surface area contributed by atoms with Crippen molar-refractivity contribution in [1.82, 2.24) is 10.2 Å². The Hall–Kier alpha value is -2.29. The average molecular weight is 426 g/mol. The van der Waals surface area contributed by atoms with Crippen molar-refractivity contribution in [1.29, 1.82) is 0 Å². The van der Waals surface area contributed by atoms with E-state index < -0.39 is 10.0 Å². The van der Waals surface area contributed by atoms with Gasteiger partial charge in [0.1, 0.15) is 5.75 Å². The van der Waals surface area contributed by atoms with Crippen LogP contribution in [0.4, 0.5) is 5.69 Å². The summed E-state index contributed by atoms with van der Waals surface area (Å²) in [6.07, 6.45) is 0. The first kappa shape index (κ1) is 22.0. The Morgan fingerprint density at radius 1 is 1.21 bits per heavy atom. The highest BCUT2D eigenvalue weighted by Gasteiger charge is 2.23. The minimum absolute atomic E-state index is 0. The highest BCUT2D eigenvalue weighted by atomic mass is 35.5. The van der Waals surface area contributed by atoms with Crippen molar-refractivity contribution in [3.63, 3.8) is 0 Å². The summed E-state index contributed by atoms with van der Waals surface area (Å²) < 4.78 is 33.2. The van der Waals surface area contributed by atoms with E-state index in [1.54, 1.807) is 41.3 Å². The molecule has 2 aromatic carbocycles. The van der Waals surface area contributed by atoms with Crippen molar-refractivity contribution in [2.75, 3.05) is 31.5 Å². The van der Waals surface area contributed by atoms with Crippen molar-refractivity contribution in [3.05, 3.63) is 54.1 Å². The summed E-state index contributed by atoms with van der Waals surface area (Å²) in [4.78, 5) is 14.5. The first-order valence-corrected chi connectivity index (χ1v) is 10.2. The minimum Gasteiger partial charge on any atom is -0.495 e. The van der Waals surface area contributed by atoms with Gasteiger partial charge in [0.15, 0.2) is 0 Å². The van der Waals surface area contributed by atoms with Gasteiger partial charge in [0.25, 0.3) is 15.9 Å². The first-order chi connectivity index (χ1) is 12.9. The fourth-order valence-electron chi connectivity index (χ4n) is 3.03. The molecule has 1 saturated heterocycles. The number of para-hydroxylation sites is 2. The van der Waals surface area contributed by atoms with Gasteiger partial charge in [0, 0.05) is 31.2 Å². The zero-order chi connectivity index (χ0) is 19.4. The topological polar surface area (TPSA) is 87.7 Å². The van der Waals surface area contributed by atoms with Crippen LogP contribution in [0.5, 0.6) is 5.75 Å². The molecular formula is C19H24ClN3O4S. The van der Waals surface area contributed by atoms with E-state index in [1.807, 2.05) is 6.92 Å². The summed E-state index contributed by atoms with van der Waals surface area (Å²) in [6.45, 7) is 3.92. The first-order valence-electron chi connectivity index (χ1n) is 8.69. The van der Waals surface area contributed by atoms with Crippen LogP contribution in [0, 0.1) is 0 Å². The van der Waals surface area contributed by atoms with Crippen LogP contribution in [0.1, 0.15) is 17.3 Å². The minimum atomic E-state index is -3.86. The van der Waals surface area contributed by atoms with E-state index in [4.69, 9.17) is 4.74 Å². The summed E-state index contributed by atoms with van der Waals surface area (Å²) in [5.41, 5.74) is 0.694. The number of amides is 1. The number of sulfonamides is 1. The van der Waals surface area contributed by atoms with Crippen molar-refractivity contribution < 1.29 is 17.9 Å². The smallest absolute Gasteiger partial charge is 0.262 e. The number of nitrogens with zero attached hydrogens (tertiary/aromatic N) is 1.